The molecule has 3 heterocycles. The summed E-state index contributed by atoms with van der Waals surface area (Å²) in [5.41, 5.74) is 0.573. The Balaban J connectivity index is 1.65. The van der Waals surface area contributed by atoms with Crippen molar-refractivity contribution in [3.8, 4) is 6.07 Å². The van der Waals surface area contributed by atoms with Gasteiger partial charge in [-0.15, -0.1) is 5.10 Å². The van der Waals surface area contributed by atoms with Crippen LogP contribution >= 0.6 is 0 Å². The van der Waals surface area contributed by atoms with Crippen molar-refractivity contribution in [1.82, 2.24) is 25.0 Å². The van der Waals surface area contributed by atoms with Crippen LogP contribution in [0, 0.1) is 17.2 Å². The van der Waals surface area contributed by atoms with Crippen LogP contribution in [-0.2, 0) is 22.1 Å². The predicted molar refractivity (Wildman–Crippen MR) is 148 cm³/mol. The number of methoxy groups -OCH3 is 1. The highest BCUT2D eigenvalue weighted by molar-refractivity contribution is 5.93. The number of likely N-dealkylation sites (N-methyl/N-ethyl adjacent to an activating group) is 1. The lowest BCUT2D eigenvalue weighted by molar-refractivity contribution is -0.138. The quantitative estimate of drug-likeness (QED) is 0.389. The lowest BCUT2D eigenvalue weighted by atomic mass is 9.89. The molecule has 0 saturated carbocycles. The van der Waals surface area contributed by atoms with Crippen molar-refractivity contribution >= 4 is 17.6 Å². The molecule has 0 amide bonds. The fourth-order valence-corrected chi connectivity index (χ4v) is 5.56. The van der Waals surface area contributed by atoms with Gasteiger partial charge in [-0.05, 0) is 67.8 Å². The van der Waals surface area contributed by atoms with E-state index in [1.54, 1.807) is 25.1 Å². The molecule has 1 atom stereocenters. The van der Waals surface area contributed by atoms with E-state index < -0.39 is 29.4 Å². The number of aromatic amines is 1. The minimum atomic E-state index is -4.61. The molecule has 10 nitrogen and oxygen atoms in total. The largest absolute Gasteiger partial charge is 0.466 e. The molecule has 2 N–H and O–H groups in total. The van der Waals surface area contributed by atoms with Crippen molar-refractivity contribution in [2.24, 2.45) is 5.92 Å². The van der Waals surface area contributed by atoms with Gasteiger partial charge in [-0.1, -0.05) is 12.1 Å². The second-order valence-electron chi connectivity index (χ2n) is 10.5. The number of esters is 1. The molecule has 1 aromatic heterocycles. The van der Waals surface area contributed by atoms with Crippen LogP contribution in [0.1, 0.15) is 35.2 Å². The van der Waals surface area contributed by atoms with Crippen LogP contribution in [0.4, 0.5) is 24.8 Å². The molecule has 2 aliphatic rings. The average molecular weight is 582 g/mol. The molecule has 0 aliphatic carbocycles. The number of nitriles is 1. The molecular weight excluding hydrogens is 551 g/mol. The van der Waals surface area contributed by atoms with Gasteiger partial charge in [0, 0.05) is 37.6 Å². The van der Waals surface area contributed by atoms with Crippen LogP contribution in [-0.4, -0.2) is 66.0 Å². The number of hydrogen-bond donors (Lipinski definition) is 2. The number of fused-ring (bicyclic) bond motifs is 1. The zero-order valence-electron chi connectivity index (χ0n) is 23.3. The number of alkyl halides is 3. The number of ether oxygens (including phenoxy) is 1. The van der Waals surface area contributed by atoms with Gasteiger partial charge in [0.2, 0.25) is 5.95 Å². The van der Waals surface area contributed by atoms with Crippen LogP contribution < -0.4 is 15.9 Å². The Kier molecular flexibility index (Phi) is 7.94. The van der Waals surface area contributed by atoms with Gasteiger partial charge in [0.25, 0.3) is 0 Å². The summed E-state index contributed by atoms with van der Waals surface area (Å²) in [6.07, 6.45) is -4.09. The SMILES string of the molecule is COC(=O)C1=C(C)N(c2cccc(C(F)(F)F)c2)c2n[nH]c(=O)n2C1c1ccc(C#N)cc1CCN(C)CC1CNC1. The number of nitrogens with one attached hydrogen (secondary N) is 2. The van der Waals surface area contributed by atoms with E-state index in [1.165, 1.54) is 28.7 Å². The molecule has 1 saturated heterocycles. The van der Waals surface area contributed by atoms with Crippen molar-refractivity contribution in [3.63, 3.8) is 0 Å². The molecule has 0 bridgehead atoms. The van der Waals surface area contributed by atoms with E-state index in [1.807, 2.05) is 7.05 Å². The van der Waals surface area contributed by atoms with E-state index >= 15 is 0 Å². The first-order valence-electron chi connectivity index (χ1n) is 13.4. The van der Waals surface area contributed by atoms with E-state index in [4.69, 9.17) is 4.74 Å². The molecule has 1 unspecified atom stereocenters. The van der Waals surface area contributed by atoms with Gasteiger partial charge >= 0.3 is 17.8 Å². The molecule has 2 aliphatic heterocycles. The monoisotopic (exact) mass is 581 g/mol. The van der Waals surface area contributed by atoms with Crippen LogP contribution in [0.15, 0.2) is 58.5 Å². The van der Waals surface area contributed by atoms with Crippen LogP contribution in [0.3, 0.4) is 0 Å². The molecule has 2 aromatic carbocycles. The van der Waals surface area contributed by atoms with Crippen molar-refractivity contribution < 1.29 is 22.7 Å². The Morgan fingerprint density at radius 3 is 2.64 bits per heavy atom. The highest BCUT2D eigenvalue weighted by Gasteiger charge is 2.41. The predicted octanol–water partition coefficient (Wildman–Crippen LogP) is 3.34. The van der Waals surface area contributed by atoms with Gasteiger partial charge in [0.15, 0.2) is 0 Å². The number of aromatic nitrogens is 3. The fraction of sp³-hybridized carbons (Fsp3) is 0.379. The van der Waals surface area contributed by atoms with Gasteiger partial charge in [-0.25, -0.2) is 19.3 Å². The van der Waals surface area contributed by atoms with Gasteiger partial charge in [0.1, 0.15) is 6.04 Å². The number of allylic oxidation sites excluding steroid dienone is 1. The Labute approximate surface area is 240 Å². The third-order valence-corrected chi connectivity index (χ3v) is 7.75. The Bertz CT molecular complexity index is 1630. The van der Waals surface area contributed by atoms with Gasteiger partial charge < -0.3 is 15.0 Å². The highest BCUT2D eigenvalue weighted by atomic mass is 19.4. The van der Waals surface area contributed by atoms with Crippen LogP contribution in [0.2, 0.25) is 0 Å². The summed E-state index contributed by atoms with van der Waals surface area (Å²) in [6.45, 7) is 5.05. The molecule has 0 radical (unpaired) electrons. The summed E-state index contributed by atoms with van der Waals surface area (Å²) in [5.74, 6) is -0.179. The van der Waals surface area contributed by atoms with Gasteiger partial charge in [0.05, 0.1) is 29.9 Å². The zero-order valence-corrected chi connectivity index (χ0v) is 23.3. The smallest absolute Gasteiger partial charge is 0.416 e. The summed E-state index contributed by atoms with van der Waals surface area (Å²) in [6, 6.07) is 10.8. The summed E-state index contributed by atoms with van der Waals surface area (Å²) >= 11 is 0. The topological polar surface area (TPSA) is 119 Å². The third-order valence-electron chi connectivity index (χ3n) is 7.75. The molecular formula is C29H30F3N7O3. The Hall–Kier alpha value is -4.41. The molecule has 42 heavy (non-hydrogen) atoms. The first-order chi connectivity index (χ1) is 20.0. The van der Waals surface area contributed by atoms with E-state index in [0.717, 1.165) is 37.3 Å². The lowest BCUT2D eigenvalue weighted by Crippen LogP contribution is -2.47. The summed E-state index contributed by atoms with van der Waals surface area (Å²) in [4.78, 5) is 30.2. The molecule has 3 aromatic rings. The summed E-state index contributed by atoms with van der Waals surface area (Å²) in [7, 11) is 3.22. The van der Waals surface area contributed by atoms with Crippen LogP contribution in [0.5, 0.6) is 0 Å². The fourth-order valence-electron chi connectivity index (χ4n) is 5.56. The van der Waals surface area contributed by atoms with Crippen molar-refractivity contribution in [2.75, 3.05) is 45.2 Å². The maximum atomic E-state index is 13.6. The minimum absolute atomic E-state index is 0.0133. The molecule has 220 valence electrons. The van der Waals surface area contributed by atoms with Crippen molar-refractivity contribution in [1.29, 1.82) is 5.26 Å². The number of carbonyl (C=O) groups excluding carboxylic acids is 1. The number of H-pyrrole nitrogens is 1. The van der Waals surface area contributed by atoms with Gasteiger partial charge in [-0.3, -0.25) is 4.90 Å². The number of halogens is 3. The minimum Gasteiger partial charge on any atom is -0.466 e. The number of anilines is 2. The van der Waals surface area contributed by atoms with E-state index in [9.17, 15) is 28.0 Å². The summed E-state index contributed by atoms with van der Waals surface area (Å²) in [5, 5.41) is 19.4. The van der Waals surface area contributed by atoms with E-state index in [-0.39, 0.29) is 22.9 Å². The first-order valence-corrected chi connectivity index (χ1v) is 13.4. The van der Waals surface area contributed by atoms with Crippen LogP contribution in [0.25, 0.3) is 0 Å². The molecule has 13 heteroatoms. The Morgan fingerprint density at radius 2 is 2.00 bits per heavy atom. The van der Waals surface area contributed by atoms with Gasteiger partial charge in [-0.2, -0.15) is 18.4 Å². The third kappa shape index (κ3) is 5.43. The highest BCUT2D eigenvalue weighted by Crippen LogP contribution is 2.43. The van der Waals surface area contributed by atoms with E-state index in [2.05, 4.69) is 26.5 Å². The first kappa shape index (κ1) is 29.1. The lowest BCUT2D eigenvalue weighted by Gasteiger charge is -2.36. The van der Waals surface area contributed by atoms with E-state index in [0.29, 0.717) is 30.0 Å². The number of nitrogens with zero attached hydrogens (tertiary/aromatic N) is 5. The van der Waals surface area contributed by atoms with Crippen molar-refractivity contribution in [2.45, 2.75) is 25.6 Å². The summed E-state index contributed by atoms with van der Waals surface area (Å²) < 4.78 is 47.2. The molecule has 5 rings (SSSR count). The molecule has 1 fully saturated rings. The average Bonchev–Trinajstić information content (AvgIpc) is 3.32. The second-order valence-corrected chi connectivity index (χ2v) is 10.5. The Morgan fingerprint density at radius 1 is 1.24 bits per heavy atom. The maximum Gasteiger partial charge on any atom is 0.416 e. The number of benzene rings is 2. The van der Waals surface area contributed by atoms with Crippen molar-refractivity contribution in [3.05, 3.63) is 86.5 Å². The second kappa shape index (κ2) is 11.5. The maximum absolute atomic E-state index is 13.6. The number of hydrogen-bond acceptors (Lipinski definition) is 8. The zero-order chi connectivity index (χ0) is 30.2. The standard InChI is InChI=1S/C29H30F3N7O3/c1-17-24(26(40)42-3)25(23-8-7-18(13-33)11-20(23)9-10-37(2)16-19-14-34-15-19)39-27(35-36-28(39)41)38(17)22-6-4-5-21(12-22)29(30,31)32/h4-8,11-12,19,25,34H,9-10,14-16H2,1-3H3,(H,36,41). The molecule has 0 spiro atoms. The normalized spacial score (nSPS) is 17.2. The number of rotatable bonds is 8. The number of carbonyl (C=O) groups is 1.